The average Bonchev–Trinajstić information content (AvgIpc) is 3.27. The lowest BCUT2D eigenvalue weighted by atomic mass is 10.2. The molecule has 0 radical (unpaired) electrons. The number of nitrogens with zero attached hydrogens (tertiary/aromatic N) is 3. The first-order valence-corrected chi connectivity index (χ1v) is 11.8. The molecule has 1 amide bonds. The first kappa shape index (κ1) is 23.9. The molecule has 1 aliphatic rings. The average molecular weight is 480 g/mol. The quantitative estimate of drug-likeness (QED) is 0.427. The van der Waals surface area contributed by atoms with E-state index < -0.39 is 0 Å². The highest BCUT2D eigenvalue weighted by Crippen LogP contribution is 2.25. The van der Waals surface area contributed by atoms with Gasteiger partial charge in [-0.2, -0.15) is 0 Å². The zero-order valence-corrected chi connectivity index (χ0v) is 20.3. The van der Waals surface area contributed by atoms with E-state index in [-0.39, 0.29) is 5.91 Å². The minimum absolute atomic E-state index is 0.184. The Bertz CT molecular complexity index is 1090. The summed E-state index contributed by atoms with van der Waals surface area (Å²) < 4.78 is 5.96. The Labute approximate surface area is 205 Å². The Hall–Kier alpha value is -3.29. The third-order valence-corrected chi connectivity index (χ3v) is 6.26. The monoisotopic (exact) mass is 479 g/mol. The molecule has 34 heavy (non-hydrogen) atoms. The molecular formula is C26H30ClN5O2. The lowest BCUT2D eigenvalue weighted by Gasteiger charge is -2.21. The predicted molar refractivity (Wildman–Crippen MR) is 137 cm³/mol. The maximum atomic E-state index is 12.5. The second kappa shape index (κ2) is 11.2. The Morgan fingerprint density at radius 1 is 1.15 bits per heavy atom. The summed E-state index contributed by atoms with van der Waals surface area (Å²) >= 11 is 5.94. The number of nitrogens with one attached hydrogen (secondary N) is 2. The van der Waals surface area contributed by atoms with Crippen LogP contribution < -0.4 is 20.3 Å². The number of anilines is 2. The fourth-order valence-corrected chi connectivity index (χ4v) is 4.04. The van der Waals surface area contributed by atoms with E-state index in [1.54, 1.807) is 18.3 Å². The van der Waals surface area contributed by atoms with Crippen LogP contribution in [0.15, 0.2) is 66.9 Å². The number of carbonyl (C=O) groups excluding carboxylic acids is 1. The van der Waals surface area contributed by atoms with Gasteiger partial charge < -0.3 is 25.2 Å². The minimum atomic E-state index is -0.184. The molecule has 2 aromatic carbocycles. The highest BCUT2D eigenvalue weighted by Gasteiger charge is 2.21. The van der Waals surface area contributed by atoms with Crippen molar-refractivity contribution >= 4 is 28.9 Å². The van der Waals surface area contributed by atoms with Gasteiger partial charge in [0.1, 0.15) is 17.2 Å². The van der Waals surface area contributed by atoms with Crippen LogP contribution in [0.1, 0.15) is 23.3 Å². The van der Waals surface area contributed by atoms with Crippen LogP contribution in [0.25, 0.3) is 0 Å². The number of pyridine rings is 1. The number of halogens is 1. The molecule has 0 bridgehead atoms. The maximum Gasteiger partial charge on any atom is 0.270 e. The fourth-order valence-electron chi connectivity index (χ4n) is 3.91. The van der Waals surface area contributed by atoms with Crippen LogP contribution in [-0.2, 0) is 0 Å². The summed E-state index contributed by atoms with van der Waals surface area (Å²) in [5.41, 5.74) is 2.40. The number of benzene rings is 2. The molecule has 1 aliphatic heterocycles. The van der Waals surface area contributed by atoms with Crippen molar-refractivity contribution in [3.05, 3.63) is 77.6 Å². The van der Waals surface area contributed by atoms with Crippen LogP contribution in [0.2, 0.25) is 5.02 Å². The van der Waals surface area contributed by atoms with Crippen LogP contribution in [-0.4, -0.2) is 55.7 Å². The molecule has 3 aromatic rings. The van der Waals surface area contributed by atoms with Crippen molar-refractivity contribution in [1.29, 1.82) is 0 Å². The van der Waals surface area contributed by atoms with Crippen molar-refractivity contribution in [1.82, 2.24) is 15.2 Å². The van der Waals surface area contributed by atoms with E-state index in [9.17, 15) is 4.79 Å². The molecule has 8 heteroatoms. The number of rotatable bonds is 9. The highest BCUT2D eigenvalue weighted by molar-refractivity contribution is 6.30. The number of amides is 1. The molecular weight excluding hydrogens is 450 g/mol. The molecule has 7 nitrogen and oxygen atoms in total. The van der Waals surface area contributed by atoms with Gasteiger partial charge in [0, 0.05) is 48.3 Å². The molecule has 4 rings (SSSR count). The van der Waals surface area contributed by atoms with Crippen molar-refractivity contribution in [2.45, 2.75) is 18.9 Å². The van der Waals surface area contributed by atoms with Crippen molar-refractivity contribution < 1.29 is 9.53 Å². The second-order valence-corrected chi connectivity index (χ2v) is 8.94. The molecule has 1 saturated heterocycles. The summed E-state index contributed by atoms with van der Waals surface area (Å²) in [6.45, 7) is 2.35. The van der Waals surface area contributed by atoms with Crippen LogP contribution in [0.3, 0.4) is 0 Å². The van der Waals surface area contributed by atoms with Crippen molar-refractivity contribution in [3.63, 3.8) is 0 Å². The second-order valence-electron chi connectivity index (χ2n) is 8.50. The molecule has 178 valence electrons. The molecule has 2 heterocycles. The maximum absolute atomic E-state index is 12.5. The summed E-state index contributed by atoms with van der Waals surface area (Å²) in [7, 11) is 4.10. The zero-order valence-electron chi connectivity index (χ0n) is 19.5. The van der Waals surface area contributed by atoms with Crippen molar-refractivity contribution in [2.24, 2.45) is 0 Å². The van der Waals surface area contributed by atoms with E-state index >= 15 is 0 Å². The normalized spacial score (nSPS) is 15.7. The van der Waals surface area contributed by atoms with Gasteiger partial charge in [-0.1, -0.05) is 11.6 Å². The summed E-state index contributed by atoms with van der Waals surface area (Å²) in [6.07, 6.45) is 3.87. The van der Waals surface area contributed by atoms with E-state index in [1.165, 1.54) is 6.42 Å². The summed E-state index contributed by atoms with van der Waals surface area (Å²) in [6, 6.07) is 19.2. The molecule has 1 fully saturated rings. The highest BCUT2D eigenvalue weighted by atomic mass is 35.5. The number of ether oxygens (including phenoxy) is 1. The van der Waals surface area contributed by atoms with E-state index in [0.717, 1.165) is 24.3 Å². The number of aromatic nitrogens is 1. The third-order valence-electron chi connectivity index (χ3n) is 6.01. The van der Waals surface area contributed by atoms with Crippen LogP contribution in [0, 0.1) is 0 Å². The van der Waals surface area contributed by atoms with Crippen molar-refractivity contribution in [3.8, 4) is 11.5 Å². The van der Waals surface area contributed by atoms with Gasteiger partial charge in [0.15, 0.2) is 0 Å². The zero-order chi connectivity index (χ0) is 23.9. The van der Waals surface area contributed by atoms with Crippen LogP contribution in [0.4, 0.5) is 11.4 Å². The lowest BCUT2D eigenvalue weighted by Crippen LogP contribution is -2.38. The number of likely N-dealkylation sites (N-methyl/N-ethyl adjacent to an activating group) is 1. The minimum Gasteiger partial charge on any atom is -0.457 e. The van der Waals surface area contributed by atoms with Crippen LogP contribution >= 0.6 is 11.6 Å². The molecule has 0 aliphatic carbocycles. The standard InChI is InChI=1S/C26H30ClN5O2/c1-31-15-3-4-22(31)17-29-26(33)25-16-24(13-14-28-25)34-23-11-9-21(10-12-23)32(2)18-30-20-7-5-19(27)6-8-20/h5-14,16,22,30H,3-4,15,17-18H2,1-2H3,(H,29,33). The predicted octanol–water partition coefficient (Wildman–Crippen LogP) is 4.86. The molecule has 0 saturated carbocycles. The van der Waals surface area contributed by atoms with Gasteiger partial charge in [0.05, 0.1) is 6.67 Å². The summed E-state index contributed by atoms with van der Waals surface area (Å²) in [5, 5.41) is 7.07. The first-order valence-electron chi connectivity index (χ1n) is 11.4. The van der Waals surface area contributed by atoms with Gasteiger partial charge >= 0.3 is 0 Å². The van der Waals surface area contributed by atoms with Gasteiger partial charge in [0.25, 0.3) is 5.91 Å². The van der Waals surface area contributed by atoms with E-state index in [1.807, 2.05) is 55.6 Å². The topological polar surface area (TPSA) is 69.7 Å². The van der Waals surface area contributed by atoms with E-state index in [4.69, 9.17) is 16.3 Å². The molecule has 1 aromatic heterocycles. The Morgan fingerprint density at radius 3 is 2.62 bits per heavy atom. The van der Waals surface area contributed by atoms with Crippen LogP contribution in [0.5, 0.6) is 11.5 Å². The fraction of sp³-hybridized carbons (Fsp3) is 0.308. The summed E-state index contributed by atoms with van der Waals surface area (Å²) in [4.78, 5) is 21.1. The van der Waals surface area contributed by atoms with Gasteiger partial charge in [-0.25, -0.2) is 0 Å². The van der Waals surface area contributed by atoms with E-state index in [0.29, 0.717) is 41.5 Å². The number of likely N-dealkylation sites (tertiary alicyclic amines) is 1. The number of carbonyl (C=O) groups is 1. The van der Waals surface area contributed by atoms with Gasteiger partial charge in [-0.05, 0) is 81.0 Å². The largest absolute Gasteiger partial charge is 0.457 e. The Morgan fingerprint density at radius 2 is 1.91 bits per heavy atom. The molecule has 2 N–H and O–H groups in total. The Kier molecular flexibility index (Phi) is 7.87. The van der Waals surface area contributed by atoms with Crippen molar-refractivity contribution in [2.75, 3.05) is 44.1 Å². The number of hydrogen-bond donors (Lipinski definition) is 2. The van der Waals surface area contributed by atoms with Gasteiger partial charge in [-0.3, -0.25) is 9.78 Å². The summed E-state index contributed by atoms with van der Waals surface area (Å²) in [5.74, 6) is 1.08. The number of hydrogen-bond acceptors (Lipinski definition) is 6. The van der Waals surface area contributed by atoms with E-state index in [2.05, 4.69) is 32.5 Å². The smallest absolute Gasteiger partial charge is 0.270 e. The third kappa shape index (κ3) is 6.40. The SMILES string of the molecule is CN(CNc1ccc(Cl)cc1)c1ccc(Oc2ccnc(C(=O)NCC3CCCN3C)c2)cc1. The molecule has 1 atom stereocenters. The molecule has 1 unspecified atom stereocenters. The van der Waals surface area contributed by atoms with Gasteiger partial charge in [0.2, 0.25) is 0 Å². The molecule has 0 spiro atoms. The van der Waals surface area contributed by atoms with Gasteiger partial charge in [-0.15, -0.1) is 0 Å². The Balaban J connectivity index is 1.30. The first-order chi connectivity index (χ1) is 16.5. The lowest BCUT2D eigenvalue weighted by molar-refractivity contribution is 0.0938.